The Morgan fingerprint density at radius 1 is 1.50 bits per heavy atom. The van der Waals surface area contributed by atoms with Crippen LogP contribution in [0.15, 0.2) is 18.2 Å². The van der Waals surface area contributed by atoms with E-state index < -0.39 is 5.82 Å². The molecule has 16 heavy (non-hydrogen) atoms. The van der Waals surface area contributed by atoms with E-state index in [4.69, 9.17) is 11.6 Å². The van der Waals surface area contributed by atoms with E-state index in [0.717, 1.165) is 6.54 Å². The van der Waals surface area contributed by atoms with Crippen molar-refractivity contribution >= 4 is 23.2 Å². The quantitative estimate of drug-likeness (QED) is 0.781. The summed E-state index contributed by atoms with van der Waals surface area (Å²) in [7, 11) is 0. The van der Waals surface area contributed by atoms with Crippen LogP contribution < -0.4 is 10.6 Å². The second-order valence-corrected chi connectivity index (χ2v) is 3.71. The van der Waals surface area contributed by atoms with E-state index in [1.807, 2.05) is 6.92 Å². The predicted molar refractivity (Wildman–Crippen MR) is 63.2 cm³/mol. The molecule has 5 heteroatoms. The van der Waals surface area contributed by atoms with Gasteiger partial charge in [0.25, 0.3) is 0 Å². The molecule has 1 amide bonds. The Morgan fingerprint density at radius 3 is 2.94 bits per heavy atom. The van der Waals surface area contributed by atoms with E-state index in [0.29, 0.717) is 18.0 Å². The number of amides is 1. The van der Waals surface area contributed by atoms with Gasteiger partial charge in [-0.3, -0.25) is 4.79 Å². The van der Waals surface area contributed by atoms with Gasteiger partial charge in [-0.05, 0) is 24.7 Å². The molecule has 0 unspecified atom stereocenters. The molecule has 0 aliphatic carbocycles. The third kappa shape index (κ3) is 4.16. The summed E-state index contributed by atoms with van der Waals surface area (Å²) in [5.74, 6) is -0.719. The van der Waals surface area contributed by atoms with Gasteiger partial charge in [-0.15, -0.1) is 0 Å². The summed E-state index contributed by atoms with van der Waals surface area (Å²) in [6.45, 7) is 3.33. The van der Waals surface area contributed by atoms with Crippen molar-refractivity contribution < 1.29 is 9.18 Å². The van der Waals surface area contributed by atoms with Crippen molar-refractivity contribution in [3.63, 3.8) is 0 Å². The van der Waals surface area contributed by atoms with Gasteiger partial charge in [-0.1, -0.05) is 18.5 Å². The molecule has 0 saturated carbocycles. The van der Waals surface area contributed by atoms with Gasteiger partial charge < -0.3 is 10.6 Å². The third-order valence-corrected chi connectivity index (χ3v) is 2.22. The van der Waals surface area contributed by atoms with Gasteiger partial charge in [-0.25, -0.2) is 4.39 Å². The summed E-state index contributed by atoms with van der Waals surface area (Å²) >= 11 is 5.70. The summed E-state index contributed by atoms with van der Waals surface area (Å²) in [4.78, 5) is 11.4. The number of nitrogens with one attached hydrogen (secondary N) is 2. The normalized spacial score (nSPS) is 10.2. The lowest BCUT2D eigenvalue weighted by molar-refractivity contribution is -0.116. The van der Waals surface area contributed by atoms with Crippen LogP contribution in [0.3, 0.4) is 0 Å². The van der Waals surface area contributed by atoms with Gasteiger partial charge in [0, 0.05) is 18.0 Å². The monoisotopic (exact) mass is 244 g/mol. The molecule has 0 bridgehead atoms. The van der Waals surface area contributed by atoms with Gasteiger partial charge in [0.1, 0.15) is 5.82 Å². The van der Waals surface area contributed by atoms with Crippen molar-refractivity contribution in [1.29, 1.82) is 0 Å². The van der Waals surface area contributed by atoms with E-state index in [2.05, 4.69) is 10.6 Å². The van der Waals surface area contributed by atoms with Crippen LogP contribution in [0.1, 0.15) is 13.3 Å². The van der Waals surface area contributed by atoms with Crippen LogP contribution >= 0.6 is 11.6 Å². The predicted octanol–water partition coefficient (Wildman–Crippen LogP) is 2.42. The largest absolute Gasteiger partial charge is 0.324 e. The number of carbonyl (C=O) groups is 1. The van der Waals surface area contributed by atoms with Gasteiger partial charge in [0.05, 0.1) is 5.69 Å². The van der Waals surface area contributed by atoms with Crippen molar-refractivity contribution in [2.45, 2.75) is 13.3 Å². The second-order valence-electron chi connectivity index (χ2n) is 3.28. The Balaban J connectivity index is 2.52. The number of halogens is 2. The second kappa shape index (κ2) is 6.45. The van der Waals surface area contributed by atoms with Gasteiger partial charge >= 0.3 is 0 Å². The molecule has 0 radical (unpaired) electrons. The van der Waals surface area contributed by atoms with Crippen molar-refractivity contribution in [3.05, 3.63) is 29.0 Å². The molecule has 1 aromatic rings. The molecule has 0 aliphatic rings. The number of benzene rings is 1. The standard InChI is InChI=1S/C11H14ClFN2O/c1-2-14-6-5-11(16)15-10-7-8(12)3-4-9(10)13/h3-4,7,14H,2,5-6H2,1H3,(H,15,16). The molecular formula is C11H14ClFN2O. The maximum Gasteiger partial charge on any atom is 0.225 e. The highest BCUT2D eigenvalue weighted by molar-refractivity contribution is 6.30. The fourth-order valence-electron chi connectivity index (χ4n) is 1.18. The maximum absolute atomic E-state index is 13.2. The minimum absolute atomic E-state index is 0.119. The fourth-order valence-corrected chi connectivity index (χ4v) is 1.36. The lowest BCUT2D eigenvalue weighted by atomic mass is 10.3. The number of anilines is 1. The molecule has 0 fully saturated rings. The van der Waals surface area contributed by atoms with E-state index in [-0.39, 0.29) is 11.6 Å². The minimum atomic E-state index is -0.485. The first kappa shape index (κ1) is 12.9. The van der Waals surface area contributed by atoms with Crippen LogP contribution in [-0.4, -0.2) is 19.0 Å². The van der Waals surface area contributed by atoms with Gasteiger partial charge in [0.15, 0.2) is 0 Å². The highest BCUT2D eigenvalue weighted by atomic mass is 35.5. The van der Waals surface area contributed by atoms with E-state index >= 15 is 0 Å². The van der Waals surface area contributed by atoms with Crippen molar-refractivity contribution in [2.75, 3.05) is 18.4 Å². The summed E-state index contributed by atoms with van der Waals surface area (Å²) in [5, 5.41) is 5.87. The molecule has 0 saturated heterocycles. The zero-order valence-electron chi connectivity index (χ0n) is 9.02. The first-order valence-electron chi connectivity index (χ1n) is 5.09. The molecule has 3 nitrogen and oxygen atoms in total. The summed E-state index contributed by atoms with van der Waals surface area (Å²) in [5.41, 5.74) is 0.119. The van der Waals surface area contributed by atoms with Crippen LogP contribution in [0.25, 0.3) is 0 Å². The first-order valence-corrected chi connectivity index (χ1v) is 5.47. The molecule has 0 spiro atoms. The summed E-state index contributed by atoms with van der Waals surface area (Å²) in [6.07, 6.45) is 0.305. The van der Waals surface area contributed by atoms with Crippen LogP contribution in [0, 0.1) is 5.82 Å². The fraction of sp³-hybridized carbons (Fsp3) is 0.364. The van der Waals surface area contributed by atoms with Crippen molar-refractivity contribution in [2.24, 2.45) is 0 Å². The molecular weight excluding hydrogens is 231 g/mol. The van der Waals surface area contributed by atoms with E-state index in [9.17, 15) is 9.18 Å². The Kier molecular flexibility index (Phi) is 5.22. The minimum Gasteiger partial charge on any atom is -0.324 e. The van der Waals surface area contributed by atoms with Gasteiger partial charge in [-0.2, -0.15) is 0 Å². The number of hydrogen-bond acceptors (Lipinski definition) is 2. The Labute approximate surface area is 99.0 Å². The zero-order chi connectivity index (χ0) is 12.0. The topological polar surface area (TPSA) is 41.1 Å². The molecule has 0 atom stereocenters. The average Bonchev–Trinajstić information content (AvgIpc) is 2.24. The van der Waals surface area contributed by atoms with Crippen molar-refractivity contribution in [1.82, 2.24) is 5.32 Å². The molecule has 0 heterocycles. The van der Waals surface area contributed by atoms with Crippen LogP contribution in [0.2, 0.25) is 5.02 Å². The third-order valence-electron chi connectivity index (χ3n) is 1.98. The smallest absolute Gasteiger partial charge is 0.225 e. The molecule has 2 N–H and O–H groups in total. The summed E-state index contributed by atoms with van der Waals surface area (Å²) < 4.78 is 13.2. The molecule has 1 aromatic carbocycles. The summed E-state index contributed by atoms with van der Waals surface area (Å²) in [6, 6.07) is 4.05. The van der Waals surface area contributed by atoms with Gasteiger partial charge in [0.2, 0.25) is 5.91 Å². The highest BCUT2D eigenvalue weighted by Gasteiger charge is 2.06. The SMILES string of the molecule is CCNCCC(=O)Nc1cc(Cl)ccc1F. The van der Waals surface area contributed by atoms with E-state index in [1.54, 1.807) is 0 Å². The first-order chi connectivity index (χ1) is 7.63. The van der Waals surface area contributed by atoms with Crippen LogP contribution in [0.5, 0.6) is 0 Å². The zero-order valence-corrected chi connectivity index (χ0v) is 9.77. The Morgan fingerprint density at radius 2 is 2.25 bits per heavy atom. The van der Waals surface area contributed by atoms with Crippen molar-refractivity contribution in [3.8, 4) is 0 Å². The average molecular weight is 245 g/mol. The lowest BCUT2D eigenvalue weighted by Gasteiger charge is -2.06. The molecule has 0 aromatic heterocycles. The Hall–Kier alpha value is -1.13. The Bertz CT molecular complexity index is 371. The molecule has 88 valence electrons. The number of rotatable bonds is 5. The van der Waals surface area contributed by atoms with Crippen LogP contribution in [0.4, 0.5) is 10.1 Å². The number of carbonyl (C=O) groups excluding carboxylic acids is 1. The number of hydrogen-bond donors (Lipinski definition) is 2. The lowest BCUT2D eigenvalue weighted by Crippen LogP contribution is -2.21. The molecule has 1 rings (SSSR count). The van der Waals surface area contributed by atoms with Crippen LogP contribution in [-0.2, 0) is 4.79 Å². The molecule has 0 aliphatic heterocycles. The highest BCUT2D eigenvalue weighted by Crippen LogP contribution is 2.19. The maximum atomic E-state index is 13.2. The van der Waals surface area contributed by atoms with E-state index in [1.165, 1.54) is 18.2 Å².